The van der Waals surface area contributed by atoms with Crippen molar-refractivity contribution < 1.29 is 14.3 Å². The largest absolute Gasteiger partial charge is 0.395 e. The van der Waals surface area contributed by atoms with Gasteiger partial charge in [0.1, 0.15) is 5.82 Å². The lowest BCUT2D eigenvalue weighted by Crippen LogP contribution is -2.26. The molecule has 0 aliphatic carbocycles. The summed E-state index contributed by atoms with van der Waals surface area (Å²) in [6, 6.07) is 7.99. The maximum atomic E-state index is 13.3. The number of benzene rings is 1. The third-order valence-corrected chi connectivity index (χ3v) is 3.14. The number of hydrogen-bond acceptors (Lipinski definition) is 2. The molecule has 0 saturated carbocycles. The number of rotatable bonds is 4. The molecule has 0 bridgehead atoms. The fourth-order valence-corrected chi connectivity index (χ4v) is 2.27. The topological polar surface area (TPSA) is 54.3 Å². The third kappa shape index (κ3) is 2.72. The van der Waals surface area contributed by atoms with Crippen molar-refractivity contribution in [1.82, 2.24) is 9.88 Å². The molecule has 0 spiro atoms. The first kappa shape index (κ1) is 14.3. The Morgan fingerprint density at radius 1 is 1.35 bits per heavy atom. The van der Waals surface area contributed by atoms with Gasteiger partial charge in [-0.3, -0.25) is 4.79 Å². The molecule has 4 nitrogen and oxygen atoms in total. The van der Waals surface area contributed by atoms with Crippen molar-refractivity contribution in [2.75, 3.05) is 13.2 Å². The number of amides is 1. The van der Waals surface area contributed by atoms with Crippen molar-refractivity contribution in [2.45, 2.75) is 13.8 Å². The smallest absolute Gasteiger partial charge is 0.253 e. The Labute approximate surface area is 116 Å². The molecule has 1 aromatic carbocycles. The number of aliphatic hydroxyl groups is 1. The summed E-state index contributed by atoms with van der Waals surface area (Å²) in [5.41, 5.74) is 2.80. The zero-order valence-electron chi connectivity index (χ0n) is 11.5. The average molecular weight is 276 g/mol. The maximum absolute atomic E-state index is 13.3. The lowest BCUT2D eigenvalue weighted by Gasteiger charge is -2.10. The van der Waals surface area contributed by atoms with Gasteiger partial charge in [-0.05, 0) is 38.1 Å². The van der Waals surface area contributed by atoms with E-state index in [-0.39, 0.29) is 24.9 Å². The maximum Gasteiger partial charge on any atom is 0.253 e. The molecule has 1 aromatic heterocycles. The summed E-state index contributed by atoms with van der Waals surface area (Å²) in [5.74, 6) is -0.559. The van der Waals surface area contributed by atoms with E-state index >= 15 is 0 Å². The number of nitrogens with one attached hydrogen (secondary N) is 1. The van der Waals surface area contributed by atoms with Gasteiger partial charge in [-0.1, -0.05) is 6.07 Å². The van der Waals surface area contributed by atoms with Gasteiger partial charge in [-0.25, -0.2) is 4.39 Å². The van der Waals surface area contributed by atoms with E-state index in [9.17, 15) is 9.18 Å². The van der Waals surface area contributed by atoms with Crippen LogP contribution in [0.3, 0.4) is 0 Å². The normalized spacial score (nSPS) is 10.6. The lowest BCUT2D eigenvalue weighted by molar-refractivity contribution is 0.0944. The highest BCUT2D eigenvalue weighted by Crippen LogP contribution is 2.21. The summed E-state index contributed by atoms with van der Waals surface area (Å²) in [6.07, 6.45) is 0. The summed E-state index contributed by atoms with van der Waals surface area (Å²) < 4.78 is 15.2. The van der Waals surface area contributed by atoms with Crippen LogP contribution in [0.25, 0.3) is 5.69 Å². The highest BCUT2D eigenvalue weighted by molar-refractivity contribution is 5.95. The molecule has 1 heterocycles. The Bertz CT molecular complexity index is 635. The second-order valence-electron chi connectivity index (χ2n) is 4.58. The fraction of sp³-hybridized carbons (Fsp3) is 0.267. The number of halogens is 1. The van der Waals surface area contributed by atoms with Crippen molar-refractivity contribution >= 4 is 5.91 Å². The van der Waals surface area contributed by atoms with Crippen molar-refractivity contribution in [3.8, 4) is 5.69 Å². The molecule has 0 unspecified atom stereocenters. The van der Waals surface area contributed by atoms with Crippen LogP contribution in [0, 0.1) is 19.7 Å². The molecule has 0 atom stereocenters. The van der Waals surface area contributed by atoms with Gasteiger partial charge >= 0.3 is 0 Å². The van der Waals surface area contributed by atoms with Crippen molar-refractivity contribution in [3.63, 3.8) is 0 Å². The van der Waals surface area contributed by atoms with Gasteiger partial charge in [0.15, 0.2) is 0 Å². The van der Waals surface area contributed by atoms with Gasteiger partial charge in [-0.15, -0.1) is 0 Å². The number of hydrogen-bond donors (Lipinski definition) is 2. The van der Waals surface area contributed by atoms with E-state index in [1.165, 1.54) is 12.1 Å². The number of carbonyl (C=O) groups excluding carboxylic acids is 1. The van der Waals surface area contributed by atoms with E-state index in [2.05, 4.69) is 5.32 Å². The monoisotopic (exact) mass is 276 g/mol. The van der Waals surface area contributed by atoms with Crippen LogP contribution in [0.2, 0.25) is 0 Å². The Balaban J connectivity index is 2.41. The second-order valence-corrected chi connectivity index (χ2v) is 4.58. The highest BCUT2D eigenvalue weighted by Gasteiger charge is 2.16. The molecule has 0 saturated heterocycles. The minimum Gasteiger partial charge on any atom is -0.395 e. The van der Waals surface area contributed by atoms with Crippen molar-refractivity contribution in [1.29, 1.82) is 0 Å². The van der Waals surface area contributed by atoms with E-state index in [1.54, 1.807) is 18.2 Å². The van der Waals surface area contributed by atoms with Crippen LogP contribution in [0.15, 0.2) is 30.3 Å². The molecular weight excluding hydrogens is 259 g/mol. The zero-order chi connectivity index (χ0) is 14.7. The standard InChI is InChI=1S/C15H17FN2O2/c1-10-8-14(15(20)17-6-7-19)11(2)18(10)13-5-3-4-12(16)9-13/h3-5,8-9,19H,6-7H2,1-2H3,(H,17,20). The Morgan fingerprint density at radius 2 is 2.10 bits per heavy atom. The molecule has 0 aliphatic rings. The SMILES string of the molecule is Cc1cc(C(=O)NCCO)c(C)n1-c1cccc(F)c1. The van der Waals surface area contributed by atoms with E-state index in [0.717, 1.165) is 11.4 Å². The van der Waals surface area contributed by atoms with Gasteiger partial charge in [-0.2, -0.15) is 0 Å². The first-order valence-electron chi connectivity index (χ1n) is 6.38. The Kier molecular flexibility index (Phi) is 4.20. The lowest BCUT2D eigenvalue weighted by atomic mass is 10.2. The van der Waals surface area contributed by atoms with E-state index in [0.29, 0.717) is 11.3 Å². The Morgan fingerprint density at radius 3 is 2.75 bits per heavy atom. The van der Waals surface area contributed by atoms with E-state index < -0.39 is 0 Å². The van der Waals surface area contributed by atoms with Crippen LogP contribution in [-0.4, -0.2) is 28.7 Å². The fourth-order valence-electron chi connectivity index (χ4n) is 2.27. The van der Waals surface area contributed by atoms with Gasteiger partial charge in [0.25, 0.3) is 5.91 Å². The molecule has 0 fully saturated rings. The minimum absolute atomic E-state index is 0.103. The predicted molar refractivity (Wildman–Crippen MR) is 74.6 cm³/mol. The van der Waals surface area contributed by atoms with Crippen molar-refractivity contribution in [3.05, 3.63) is 53.1 Å². The summed E-state index contributed by atoms with van der Waals surface area (Å²) >= 11 is 0. The molecule has 1 amide bonds. The van der Waals surface area contributed by atoms with Gasteiger partial charge in [0.2, 0.25) is 0 Å². The number of aryl methyl sites for hydroxylation is 1. The Hall–Kier alpha value is -2.14. The van der Waals surface area contributed by atoms with Crippen LogP contribution in [0.4, 0.5) is 4.39 Å². The quantitative estimate of drug-likeness (QED) is 0.897. The number of aromatic nitrogens is 1. The van der Waals surface area contributed by atoms with Gasteiger partial charge in [0, 0.05) is 23.6 Å². The summed E-state index contributed by atoms with van der Waals surface area (Å²) in [6.45, 7) is 3.78. The highest BCUT2D eigenvalue weighted by atomic mass is 19.1. The van der Waals surface area contributed by atoms with Crippen molar-refractivity contribution in [2.24, 2.45) is 0 Å². The third-order valence-electron chi connectivity index (χ3n) is 3.14. The molecular formula is C15H17FN2O2. The first-order valence-corrected chi connectivity index (χ1v) is 6.38. The average Bonchev–Trinajstić information content (AvgIpc) is 2.71. The van der Waals surface area contributed by atoms with Crippen LogP contribution in [0.1, 0.15) is 21.7 Å². The summed E-state index contributed by atoms with van der Waals surface area (Å²) in [4.78, 5) is 12.0. The molecule has 0 radical (unpaired) electrons. The second kappa shape index (κ2) is 5.88. The van der Waals surface area contributed by atoms with E-state index in [1.807, 2.05) is 18.4 Å². The molecule has 2 aromatic rings. The number of carbonyl (C=O) groups is 1. The first-order chi connectivity index (χ1) is 9.54. The van der Waals surface area contributed by atoms with Crippen LogP contribution >= 0.6 is 0 Å². The van der Waals surface area contributed by atoms with Gasteiger partial charge in [0.05, 0.1) is 12.2 Å². The number of aliphatic hydroxyl groups excluding tert-OH is 1. The minimum atomic E-state index is -0.318. The molecule has 2 rings (SSSR count). The zero-order valence-corrected chi connectivity index (χ0v) is 11.5. The predicted octanol–water partition coefficient (Wildman–Crippen LogP) is 1.96. The summed E-state index contributed by atoms with van der Waals surface area (Å²) in [5, 5.41) is 11.4. The molecule has 20 heavy (non-hydrogen) atoms. The van der Waals surface area contributed by atoms with Gasteiger partial charge < -0.3 is 15.0 Å². The number of nitrogens with zero attached hydrogens (tertiary/aromatic N) is 1. The molecule has 106 valence electrons. The van der Waals surface area contributed by atoms with Crippen LogP contribution in [0.5, 0.6) is 0 Å². The molecule has 2 N–H and O–H groups in total. The van der Waals surface area contributed by atoms with Crippen LogP contribution in [-0.2, 0) is 0 Å². The van der Waals surface area contributed by atoms with Crippen LogP contribution < -0.4 is 5.32 Å². The molecule has 0 aliphatic heterocycles. The molecule has 5 heteroatoms. The summed E-state index contributed by atoms with van der Waals surface area (Å²) in [7, 11) is 0. The van der Waals surface area contributed by atoms with E-state index in [4.69, 9.17) is 5.11 Å².